The maximum Gasteiger partial charge on any atom is 0.342 e. The Balaban J connectivity index is 2.19. The molecule has 1 heterocycles. The van der Waals surface area contributed by atoms with Gasteiger partial charge in [-0.2, -0.15) is 0 Å². The summed E-state index contributed by atoms with van der Waals surface area (Å²) in [5, 5.41) is 10.1. The summed E-state index contributed by atoms with van der Waals surface area (Å²) < 4.78 is 5.33. The lowest BCUT2D eigenvalue weighted by Crippen LogP contribution is -2.10. The number of aromatic hydroxyl groups is 1. The molecule has 3 nitrogen and oxygen atoms in total. The maximum absolute atomic E-state index is 12.0. The van der Waals surface area contributed by atoms with Crippen LogP contribution in [-0.2, 0) is 12.8 Å². The summed E-state index contributed by atoms with van der Waals surface area (Å²) >= 11 is 0. The van der Waals surface area contributed by atoms with E-state index in [0.29, 0.717) is 30.1 Å². The van der Waals surface area contributed by atoms with E-state index >= 15 is 0 Å². The second-order valence-corrected chi connectivity index (χ2v) is 8.22. The molecule has 0 saturated heterocycles. The Morgan fingerprint density at radius 3 is 1.96 bits per heavy atom. The van der Waals surface area contributed by atoms with E-state index in [0.717, 1.165) is 18.8 Å². The van der Waals surface area contributed by atoms with Crippen molar-refractivity contribution in [2.45, 2.75) is 98.3 Å². The van der Waals surface area contributed by atoms with E-state index in [1.54, 1.807) is 6.07 Å². The molecule has 1 rings (SSSR count). The normalized spacial score (nSPS) is 11.6. The minimum Gasteiger partial charge on any atom is -0.507 e. The van der Waals surface area contributed by atoms with E-state index in [1.807, 2.05) is 0 Å². The molecule has 1 aromatic rings. The van der Waals surface area contributed by atoms with Crippen molar-refractivity contribution < 1.29 is 9.52 Å². The van der Waals surface area contributed by atoms with Gasteiger partial charge in [0.1, 0.15) is 11.5 Å². The minimum absolute atomic E-state index is 0.108. The Labute approximate surface area is 153 Å². The lowest BCUT2D eigenvalue weighted by molar-refractivity contribution is 0.396. The molecule has 1 N–H and O–H groups in total. The van der Waals surface area contributed by atoms with Crippen LogP contribution in [-0.4, -0.2) is 5.11 Å². The second-order valence-electron chi connectivity index (χ2n) is 8.22. The summed E-state index contributed by atoms with van der Waals surface area (Å²) in [6, 6.07) is 1.62. The van der Waals surface area contributed by atoms with Crippen molar-refractivity contribution in [2.75, 3.05) is 0 Å². The molecule has 0 amide bonds. The van der Waals surface area contributed by atoms with Crippen molar-refractivity contribution in [1.82, 2.24) is 0 Å². The zero-order valence-corrected chi connectivity index (χ0v) is 16.8. The lowest BCUT2D eigenvalue weighted by atomic mass is 10.0. The molecule has 0 spiro atoms. The molecule has 0 aliphatic carbocycles. The summed E-state index contributed by atoms with van der Waals surface area (Å²) in [4.78, 5) is 12.0. The largest absolute Gasteiger partial charge is 0.507 e. The third-order valence-electron chi connectivity index (χ3n) is 4.64. The highest BCUT2D eigenvalue weighted by Crippen LogP contribution is 2.20. The first-order chi connectivity index (χ1) is 11.9. The first-order valence-corrected chi connectivity index (χ1v) is 10.2. The van der Waals surface area contributed by atoms with Gasteiger partial charge in [0, 0.05) is 12.5 Å². The highest BCUT2D eigenvalue weighted by atomic mass is 16.4. The van der Waals surface area contributed by atoms with Crippen LogP contribution in [0.15, 0.2) is 15.3 Å². The molecule has 0 bridgehead atoms. The summed E-state index contributed by atoms with van der Waals surface area (Å²) in [6.07, 6.45) is 12.6. The lowest BCUT2D eigenvalue weighted by Gasteiger charge is -2.07. The third kappa shape index (κ3) is 9.72. The van der Waals surface area contributed by atoms with Gasteiger partial charge in [-0.3, -0.25) is 0 Å². The van der Waals surface area contributed by atoms with Gasteiger partial charge in [-0.05, 0) is 24.7 Å². The predicted octanol–water partition coefficient (Wildman–Crippen LogP) is 6.25. The van der Waals surface area contributed by atoms with Gasteiger partial charge in [0.05, 0.1) is 5.56 Å². The van der Waals surface area contributed by atoms with Gasteiger partial charge >= 0.3 is 5.63 Å². The number of rotatable bonds is 13. The van der Waals surface area contributed by atoms with E-state index in [-0.39, 0.29) is 11.4 Å². The molecule has 0 radical (unpaired) electrons. The molecule has 0 fully saturated rings. The zero-order chi connectivity index (χ0) is 18.7. The highest BCUT2D eigenvalue weighted by molar-refractivity contribution is 5.30. The first-order valence-electron chi connectivity index (χ1n) is 10.2. The fourth-order valence-corrected chi connectivity index (χ4v) is 3.20. The molecule has 3 heteroatoms. The van der Waals surface area contributed by atoms with Crippen LogP contribution in [0.3, 0.4) is 0 Å². The van der Waals surface area contributed by atoms with Gasteiger partial charge < -0.3 is 9.52 Å². The highest BCUT2D eigenvalue weighted by Gasteiger charge is 2.11. The van der Waals surface area contributed by atoms with Crippen LogP contribution in [0.4, 0.5) is 0 Å². The topological polar surface area (TPSA) is 50.4 Å². The van der Waals surface area contributed by atoms with Crippen LogP contribution in [0.2, 0.25) is 0 Å². The van der Waals surface area contributed by atoms with Gasteiger partial charge in [0.2, 0.25) is 0 Å². The Morgan fingerprint density at radius 2 is 1.44 bits per heavy atom. The monoisotopic (exact) mass is 350 g/mol. The predicted molar refractivity (Wildman–Crippen MR) is 105 cm³/mol. The Bertz CT molecular complexity index is 529. The number of hydrogen-bond donors (Lipinski definition) is 1. The Morgan fingerprint density at radius 1 is 0.880 bits per heavy atom. The van der Waals surface area contributed by atoms with Crippen LogP contribution >= 0.6 is 0 Å². The SMILES string of the molecule is CC(C)CCCCCCCCCCc1c(O)cc(CC(C)C)oc1=O. The summed E-state index contributed by atoms with van der Waals surface area (Å²) in [6.45, 7) is 8.71. The van der Waals surface area contributed by atoms with Crippen LogP contribution < -0.4 is 5.63 Å². The van der Waals surface area contributed by atoms with Gasteiger partial charge in [0.25, 0.3) is 0 Å². The van der Waals surface area contributed by atoms with Crippen LogP contribution in [0.25, 0.3) is 0 Å². The van der Waals surface area contributed by atoms with Crippen molar-refractivity contribution in [3.05, 3.63) is 27.8 Å². The summed E-state index contributed by atoms with van der Waals surface area (Å²) in [7, 11) is 0. The average molecular weight is 351 g/mol. The molecule has 0 saturated carbocycles. The standard InChI is InChI=1S/C22H38O3/c1-17(2)13-11-9-7-5-6-8-10-12-14-20-21(23)16-19(15-18(3)4)25-22(20)24/h16-18,23H,5-15H2,1-4H3. The first kappa shape index (κ1) is 21.8. The van der Waals surface area contributed by atoms with Crippen molar-refractivity contribution in [3.63, 3.8) is 0 Å². The van der Waals surface area contributed by atoms with Gasteiger partial charge in [0.15, 0.2) is 0 Å². The van der Waals surface area contributed by atoms with Crippen LogP contribution in [0.1, 0.15) is 96.8 Å². The summed E-state index contributed by atoms with van der Waals surface area (Å²) in [5.41, 5.74) is 0.0852. The molecular formula is C22H38O3. The van der Waals surface area contributed by atoms with Gasteiger partial charge in [-0.15, -0.1) is 0 Å². The number of unbranched alkanes of at least 4 members (excludes halogenated alkanes) is 7. The quantitative estimate of drug-likeness (QED) is 0.428. The van der Waals surface area contributed by atoms with Crippen molar-refractivity contribution >= 4 is 0 Å². The molecule has 144 valence electrons. The van der Waals surface area contributed by atoms with Crippen LogP contribution in [0.5, 0.6) is 5.75 Å². The Hall–Kier alpha value is -1.25. The Kier molecular flexibility index (Phi) is 10.6. The fraction of sp³-hybridized carbons (Fsp3) is 0.773. The summed E-state index contributed by atoms with van der Waals surface area (Å²) in [5.74, 6) is 1.92. The maximum atomic E-state index is 12.0. The smallest absolute Gasteiger partial charge is 0.342 e. The fourth-order valence-electron chi connectivity index (χ4n) is 3.20. The second kappa shape index (κ2) is 12.2. The van der Waals surface area contributed by atoms with Gasteiger partial charge in [-0.25, -0.2) is 4.79 Å². The van der Waals surface area contributed by atoms with E-state index in [9.17, 15) is 9.90 Å². The van der Waals surface area contributed by atoms with Crippen LogP contribution in [0, 0.1) is 11.8 Å². The molecule has 0 aliphatic heterocycles. The van der Waals surface area contributed by atoms with Crippen molar-refractivity contribution in [3.8, 4) is 5.75 Å². The molecule has 0 atom stereocenters. The molecule has 1 aromatic heterocycles. The molecule has 0 aromatic carbocycles. The van der Waals surface area contributed by atoms with E-state index < -0.39 is 0 Å². The molecular weight excluding hydrogens is 312 g/mol. The van der Waals surface area contributed by atoms with Gasteiger partial charge in [-0.1, -0.05) is 79.1 Å². The number of hydrogen-bond acceptors (Lipinski definition) is 3. The minimum atomic E-state index is -0.360. The average Bonchev–Trinajstić information content (AvgIpc) is 2.50. The van der Waals surface area contributed by atoms with Crippen molar-refractivity contribution in [1.29, 1.82) is 0 Å². The zero-order valence-electron chi connectivity index (χ0n) is 16.8. The van der Waals surface area contributed by atoms with E-state index in [2.05, 4.69) is 27.7 Å². The van der Waals surface area contributed by atoms with E-state index in [4.69, 9.17) is 4.42 Å². The third-order valence-corrected chi connectivity index (χ3v) is 4.64. The molecule has 0 aliphatic rings. The van der Waals surface area contributed by atoms with E-state index in [1.165, 1.54) is 44.9 Å². The van der Waals surface area contributed by atoms with Crippen molar-refractivity contribution in [2.24, 2.45) is 11.8 Å². The molecule has 0 unspecified atom stereocenters. The molecule has 25 heavy (non-hydrogen) atoms.